The van der Waals surface area contributed by atoms with Crippen molar-refractivity contribution >= 4 is 5.91 Å². The average Bonchev–Trinajstić information content (AvgIpc) is 3.06. The van der Waals surface area contributed by atoms with Crippen LogP contribution in [0.1, 0.15) is 27.4 Å². The highest BCUT2D eigenvalue weighted by Gasteiger charge is 2.13. The molecule has 0 saturated heterocycles. The summed E-state index contributed by atoms with van der Waals surface area (Å²) in [5.41, 5.74) is 3.09. The van der Waals surface area contributed by atoms with Gasteiger partial charge in [0.15, 0.2) is 0 Å². The molecular formula is C19H18FN3O2. The molecule has 0 atom stereocenters. The Labute approximate surface area is 144 Å². The third-order valence-corrected chi connectivity index (χ3v) is 3.96. The molecular weight excluding hydrogens is 321 g/mol. The van der Waals surface area contributed by atoms with E-state index in [1.54, 1.807) is 24.3 Å². The number of aromatic nitrogens is 2. The van der Waals surface area contributed by atoms with Crippen molar-refractivity contribution in [2.75, 3.05) is 6.54 Å². The van der Waals surface area contributed by atoms with E-state index in [0.717, 1.165) is 11.1 Å². The second-order valence-electron chi connectivity index (χ2n) is 5.79. The molecule has 25 heavy (non-hydrogen) atoms. The minimum absolute atomic E-state index is 0.133. The largest absolute Gasteiger partial charge is 0.421 e. The van der Waals surface area contributed by atoms with Gasteiger partial charge in [0.05, 0.1) is 5.56 Å². The van der Waals surface area contributed by atoms with Gasteiger partial charge in [0, 0.05) is 18.5 Å². The second kappa shape index (κ2) is 7.25. The number of amides is 1. The van der Waals surface area contributed by atoms with Crippen LogP contribution in [0.4, 0.5) is 4.39 Å². The van der Waals surface area contributed by atoms with Crippen molar-refractivity contribution in [3.63, 3.8) is 0 Å². The molecule has 0 radical (unpaired) electrons. The summed E-state index contributed by atoms with van der Waals surface area (Å²) in [7, 11) is 0. The number of nitrogens with zero attached hydrogens (tertiary/aromatic N) is 2. The quantitative estimate of drug-likeness (QED) is 0.773. The van der Waals surface area contributed by atoms with E-state index in [-0.39, 0.29) is 17.4 Å². The van der Waals surface area contributed by atoms with Gasteiger partial charge in [0.25, 0.3) is 11.8 Å². The second-order valence-corrected chi connectivity index (χ2v) is 5.79. The maximum absolute atomic E-state index is 13.7. The van der Waals surface area contributed by atoms with Gasteiger partial charge in [-0.2, -0.15) is 0 Å². The van der Waals surface area contributed by atoms with Crippen LogP contribution in [-0.2, 0) is 6.42 Å². The maximum Gasteiger partial charge on any atom is 0.251 e. The van der Waals surface area contributed by atoms with Gasteiger partial charge in [-0.15, -0.1) is 10.2 Å². The Morgan fingerprint density at radius 2 is 1.92 bits per heavy atom. The van der Waals surface area contributed by atoms with Crippen molar-refractivity contribution < 1.29 is 13.6 Å². The summed E-state index contributed by atoms with van der Waals surface area (Å²) < 4.78 is 19.2. The molecule has 2 aromatic carbocycles. The van der Waals surface area contributed by atoms with Crippen molar-refractivity contribution in [3.8, 4) is 11.5 Å². The van der Waals surface area contributed by atoms with Crippen molar-refractivity contribution in [1.82, 2.24) is 15.5 Å². The maximum atomic E-state index is 13.7. The Morgan fingerprint density at radius 1 is 1.12 bits per heavy atom. The summed E-state index contributed by atoms with van der Waals surface area (Å²) >= 11 is 0. The summed E-state index contributed by atoms with van der Waals surface area (Å²) in [6.07, 6.45) is 0.373. The van der Waals surface area contributed by atoms with E-state index in [1.165, 1.54) is 6.07 Å². The van der Waals surface area contributed by atoms with Crippen LogP contribution in [0.15, 0.2) is 46.9 Å². The van der Waals surface area contributed by atoms with Crippen molar-refractivity contribution in [1.29, 1.82) is 0 Å². The first-order valence-electron chi connectivity index (χ1n) is 7.97. The third kappa shape index (κ3) is 3.91. The van der Waals surface area contributed by atoms with E-state index >= 15 is 0 Å². The Morgan fingerprint density at radius 3 is 2.68 bits per heavy atom. The molecule has 1 amide bonds. The molecule has 1 heterocycles. The fraction of sp³-hybridized carbons (Fsp3) is 0.211. The summed E-state index contributed by atoms with van der Waals surface area (Å²) in [5.74, 6) is -0.0927. The standard InChI is InChI=1S/C19H18FN3O2/c1-12-7-8-14(11-13(12)2)18(24)21-10-9-17-22-23-19(25-17)15-5-3-4-6-16(15)20/h3-8,11H,9-10H2,1-2H3,(H,21,24). The first-order chi connectivity index (χ1) is 12.0. The van der Waals surface area contributed by atoms with E-state index in [0.29, 0.717) is 24.4 Å². The van der Waals surface area contributed by atoms with Crippen LogP contribution < -0.4 is 5.32 Å². The highest BCUT2D eigenvalue weighted by molar-refractivity contribution is 5.94. The number of carbonyl (C=O) groups excluding carboxylic acids is 1. The molecule has 0 fully saturated rings. The Kier molecular flexibility index (Phi) is 4.88. The number of hydrogen-bond acceptors (Lipinski definition) is 4. The summed E-state index contributed by atoms with van der Waals surface area (Å²) in [4.78, 5) is 12.1. The van der Waals surface area contributed by atoms with Crippen LogP contribution >= 0.6 is 0 Å². The number of rotatable bonds is 5. The molecule has 5 nitrogen and oxygen atoms in total. The summed E-state index contributed by atoms with van der Waals surface area (Å²) in [6, 6.07) is 11.8. The molecule has 0 spiro atoms. The van der Waals surface area contributed by atoms with Crippen LogP contribution in [0.3, 0.4) is 0 Å². The molecule has 128 valence electrons. The minimum Gasteiger partial charge on any atom is -0.421 e. The Hall–Kier alpha value is -3.02. The van der Waals surface area contributed by atoms with Crippen molar-refractivity contribution in [2.24, 2.45) is 0 Å². The van der Waals surface area contributed by atoms with Gasteiger partial charge in [-0.1, -0.05) is 18.2 Å². The fourth-order valence-corrected chi connectivity index (χ4v) is 2.37. The topological polar surface area (TPSA) is 68.0 Å². The summed E-state index contributed by atoms with van der Waals surface area (Å²) in [6.45, 7) is 4.32. The molecule has 6 heteroatoms. The van der Waals surface area contributed by atoms with Gasteiger partial charge < -0.3 is 9.73 Å². The molecule has 0 unspecified atom stereocenters. The van der Waals surface area contributed by atoms with E-state index in [1.807, 2.05) is 26.0 Å². The van der Waals surface area contributed by atoms with Gasteiger partial charge in [0.1, 0.15) is 5.82 Å². The van der Waals surface area contributed by atoms with Crippen LogP contribution in [-0.4, -0.2) is 22.6 Å². The molecule has 3 rings (SSSR count). The zero-order valence-corrected chi connectivity index (χ0v) is 14.0. The van der Waals surface area contributed by atoms with E-state index in [2.05, 4.69) is 15.5 Å². The number of halogens is 1. The van der Waals surface area contributed by atoms with Gasteiger partial charge in [-0.3, -0.25) is 4.79 Å². The number of aryl methyl sites for hydroxylation is 2. The number of carbonyl (C=O) groups is 1. The van der Waals surface area contributed by atoms with E-state index in [9.17, 15) is 9.18 Å². The number of benzene rings is 2. The third-order valence-electron chi connectivity index (χ3n) is 3.96. The van der Waals surface area contributed by atoms with E-state index < -0.39 is 5.82 Å². The zero-order valence-electron chi connectivity index (χ0n) is 14.0. The highest BCUT2D eigenvalue weighted by Crippen LogP contribution is 2.20. The minimum atomic E-state index is -0.416. The molecule has 0 aliphatic heterocycles. The monoisotopic (exact) mass is 339 g/mol. The molecule has 0 aliphatic rings. The van der Waals surface area contributed by atoms with Crippen LogP contribution in [0, 0.1) is 19.7 Å². The van der Waals surface area contributed by atoms with Crippen LogP contribution in [0.5, 0.6) is 0 Å². The molecule has 0 saturated carbocycles. The van der Waals surface area contributed by atoms with Gasteiger partial charge in [0.2, 0.25) is 5.89 Å². The summed E-state index contributed by atoms with van der Waals surface area (Å²) in [5, 5.41) is 10.6. The molecule has 3 aromatic rings. The smallest absolute Gasteiger partial charge is 0.251 e. The normalized spacial score (nSPS) is 10.7. The fourth-order valence-electron chi connectivity index (χ4n) is 2.37. The van der Waals surface area contributed by atoms with Crippen molar-refractivity contribution in [2.45, 2.75) is 20.3 Å². The predicted octanol–water partition coefficient (Wildman–Crippen LogP) is 3.47. The van der Waals surface area contributed by atoms with Gasteiger partial charge in [-0.25, -0.2) is 4.39 Å². The lowest BCUT2D eigenvalue weighted by atomic mass is 10.1. The van der Waals surface area contributed by atoms with Gasteiger partial charge >= 0.3 is 0 Å². The van der Waals surface area contributed by atoms with Crippen molar-refractivity contribution in [3.05, 3.63) is 70.9 Å². The predicted molar refractivity (Wildman–Crippen MR) is 91.6 cm³/mol. The molecule has 1 N–H and O–H groups in total. The van der Waals surface area contributed by atoms with E-state index in [4.69, 9.17) is 4.42 Å². The van der Waals surface area contributed by atoms with Gasteiger partial charge in [-0.05, 0) is 49.2 Å². The molecule has 1 aromatic heterocycles. The lowest BCUT2D eigenvalue weighted by molar-refractivity contribution is 0.0953. The van der Waals surface area contributed by atoms with Crippen LogP contribution in [0.25, 0.3) is 11.5 Å². The Balaban J connectivity index is 1.58. The first-order valence-corrected chi connectivity index (χ1v) is 7.97. The average molecular weight is 339 g/mol. The molecule has 0 bridgehead atoms. The highest BCUT2D eigenvalue weighted by atomic mass is 19.1. The number of hydrogen-bond donors (Lipinski definition) is 1. The SMILES string of the molecule is Cc1ccc(C(=O)NCCc2nnc(-c3ccccc3F)o2)cc1C. The lowest BCUT2D eigenvalue weighted by Crippen LogP contribution is -2.25. The number of nitrogens with one attached hydrogen (secondary N) is 1. The van der Waals surface area contributed by atoms with Crippen LogP contribution in [0.2, 0.25) is 0 Å². The first kappa shape index (κ1) is 16.8. The zero-order chi connectivity index (χ0) is 17.8. The Bertz CT molecular complexity index is 905. The molecule has 0 aliphatic carbocycles. The lowest BCUT2D eigenvalue weighted by Gasteiger charge is -2.06.